The smallest absolute Gasteiger partial charge is 0.162 e. The van der Waals surface area contributed by atoms with Crippen LogP contribution in [0, 0.1) is 13.8 Å². The SMILES string of the molecule is Cc1nc(C)c(-c2ccc3cc(-c4c(C5CCCCC5)c5ccc6cc5n4CC(=O)CCC/C=C\CCCC6=O)ccc3n2)s1. The van der Waals surface area contributed by atoms with Crippen molar-refractivity contribution in [1.29, 1.82) is 0 Å². The molecule has 0 spiro atoms. The van der Waals surface area contributed by atoms with Gasteiger partial charge in [0.1, 0.15) is 0 Å². The van der Waals surface area contributed by atoms with Crippen LogP contribution in [0.5, 0.6) is 0 Å². The lowest BCUT2D eigenvalue weighted by molar-refractivity contribution is -0.119. The predicted octanol–water partition coefficient (Wildman–Crippen LogP) is 10.3. The average molecular weight is 616 g/mol. The second-order valence-electron chi connectivity index (χ2n) is 12.9. The summed E-state index contributed by atoms with van der Waals surface area (Å²) in [5, 5.41) is 3.32. The Hall–Kier alpha value is -3.90. The van der Waals surface area contributed by atoms with Gasteiger partial charge in [0.2, 0.25) is 0 Å². The molecular formula is C39H41N3O2S. The van der Waals surface area contributed by atoms with E-state index >= 15 is 0 Å². The van der Waals surface area contributed by atoms with Crippen molar-refractivity contribution >= 4 is 44.7 Å². The van der Waals surface area contributed by atoms with Crippen molar-refractivity contribution in [3.63, 3.8) is 0 Å². The molecule has 0 N–H and O–H groups in total. The summed E-state index contributed by atoms with van der Waals surface area (Å²) in [7, 11) is 0. The van der Waals surface area contributed by atoms with Gasteiger partial charge in [0, 0.05) is 34.7 Å². The molecule has 0 atom stereocenters. The van der Waals surface area contributed by atoms with Crippen LogP contribution in [0.25, 0.3) is 43.6 Å². The van der Waals surface area contributed by atoms with Crippen LogP contribution in [-0.4, -0.2) is 26.1 Å². The molecule has 5 aromatic rings. The lowest BCUT2D eigenvalue weighted by Gasteiger charge is -2.24. The molecule has 0 unspecified atom stereocenters. The summed E-state index contributed by atoms with van der Waals surface area (Å²) in [4.78, 5) is 37.7. The number of Topliss-reactive ketones (excluding diaryl/α,β-unsaturated/α-hetero) is 2. The molecule has 2 bridgehead atoms. The summed E-state index contributed by atoms with van der Waals surface area (Å²) >= 11 is 1.68. The monoisotopic (exact) mass is 615 g/mol. The van der Waals surface area contributed by atoms with Gasteiger partial charge in [-0.25, -0.2) is 9.97 Å². The van der Waals surface area contributed by atoms with Crippen LogP contribution in [0.15, 0.2) is 60.7 Å². The molecule has 3 aromatic heterocycles. The van der Waals surface area contributed by atoms with E-state index in [1.807, 2.05) is 19.9 Å². The zero-order valence-corrected chi connectivity index (χ0v) is 27.2. The van der Waals surface area contributed by atoms with Crippen molar-refractivity contribution in [2.24, 2.45) is 0 Å². The van der Waals surface area contributed by atoms with Gasteiger partial charge in [-0.1, -0.05) is 55.7 Å². The summed E-state index contributed by atoms with van der Waals surface area (Å²) in [5.74, 6) is 0.850. The summed E-state index contributed by atoms with van der Waals surface area (Å²) in [6.45, 7) is 4.40. The van der Waals surface area contributed by atoms with Crippen molar-refractivity contribution < 1.29 is 9.59 Å². The van der Waals surface area contributed by atoms with E-state index in [-0.39, 0.29) is 11.6 Å². The Morgan fingerprint density at radius 1 is 0.800 bits per heavy atom. The van der Waals surface area contributed by atoms with Gasteiger partial charge in [0.25, 0.3) is 0 Å². The highest BCUT2D eigenvalue weighted by Gasteiger charge is 2.28. The molecule has 7 rings (SSSR count). The van der Waals surface area contributed by atoms with Gasteiger partial charge >= 0.3 is 0 Å². The Morgan fingerprint density at radius 2 is 1.58 bits per heavy atom. The second kappa shape index (κ2) is 12.8. The van der Waals surface area contributed by atoms with Gasteiger partial charge in [-0.15, -0.1) is 11.3 Å². The van der Waals surface area contributed by atoms with Crippen molar-refractivity contribution in [2.75, 3.05) is 0 Å². The minimum atomic E-state index is 0.180. The Labute approximate surface area is 269 Å². The van der Waals surface area contributed by atoms with Crippen molar-refractivity contribution in [2.45, 2.75) is 96.9 Å². The predicted molar refractivity (Wildman–Crippen MR) is 185 cm³/mol. The maximum atomic E-state index is 13.6. The van der Waals surface area contributed by atoms with E-state index in [0.717, 1.165) is 93.0 Å². The quantitative estimate of drug-likeness (QED) is 0.189. The molecular weight excluding hydrogens is 575 g/mol. The molecule has 1 aliphatic heterocycles. The molecule has 0 radical (unpaired) electrons. The molecule has 0 amide bonds. The Kier molecular flexibility index (Phi) is 8.50. The highest BCUT2D eigenvalue weighted by atomic mass is 32.1. The first-order valence-corrected chi connectivity index (χ1v) is 17.5. The fourth-order valence-corrected chi connectivity index (χ4v) is 8.32. The van der Waals surface area contributed by atoms with Crippen LogP contribution in [0.1, 0.15) is 103 Å². The third kappa shape index (κ3) is 6.05. The molecule has 6 heteroatoms. The van der Waals surface area contributed by atoms with Gasteiger partial charge in [0.05, 0.1) is 39.0 Å². The fraction of sp³-hybridized carbons (Fsp3) is 0.385. The van der Waals surface area contributed by atoms with Crippen LogP contribution >= 0.6 is 11.3 Å². The molecule has 4 heterocycles. The zero-order valence-electron chi connectivity index (χ0n) is 26.4. The first-order chi connectivity index (χ1) is 22.0. The number of benzene rings is 2. The highest BCUT2D eigenvalue weighted by Crippen LogP contribution is 2.45. The van der Waals surface area contributed by atoms with E-state index in [1.54, 1.807) is 11.3 Å². The van der Waals surface area contributed by atoms with Crippen LogP contribution in [-0.2, 0) is 11.3 Å². The number of hydrogen-bond acceptors (Lipinski definition) is 5. The minimum Gasteiger partial charge on any atom is -0.333 e. The maximum Gasteiger partial charge on any atom is 0.162 e. The number of carbonyl (C=O) groups excluding carboxylic acids is 2. The number of aromatic nitrogens is 3. The molecule has 230 valence electrons. The van der Waals surface area contributed by atoms with E-state index in [1.165, 1.54) is 30.2 Å². The Morgan fingerprint density at radius 3 is 2.36 bits per heavy atom. The van der Waals surface area contributed by atoms with Crippen LogP contribution in [0.4, 0.5) is 0 Å². The van der Waals surface area contributed by atoms with E-state index < -0.39 is 0 Å². The normalized spacial score (nSPS) is 18.0. The number of aryl methyl sites for hydroxylation is 2. The minimum absolute atomic E-state index is 0.180. The highest BCUT2D eigenvalue weighted by molar-refractivity contribution is 7.15. The number of hydrogen-bond donors (Lipinski definition) is 0. The van der Waals surface area contributed by atoms with Gasteiger partial charge in [-0.3, -0.25) is 9.59 Å². The summed E-state index contributed by atoms with van der Waals surface area (Å²) < 4.78 is 2.25. The molecule has 1 fully saturated rings. The number of thiazole rings is 1. The average Bonchev–Trinajstić information content (AvgIpc) is 3.56. The first-order valence-electron chi connectivity index (χ1n) is 16.7. The Balaban J connectivity index is 1.40. The Bertz CT molecular complexity index is 1940. The second-order valence-corrected chi connectivity index (χ2v) is 14.1. The number of carbonyl (C=O) groups is 2. The van der Waals surface area contributed by atoms with Crippen molar-refractivity contribution in [3.8, 4) is 21.8 Å². The molecule has 2 aliphatic rings. The number of pyridine rings is 1. The standard InChI is InChI=1S/C39H41N3O2S/c1-25-39(45-26(2)40-25)34-21-17-28-22-30(18-20-33(28)41-34)38-37(27-12-8-7-9-13-27)32-19-16-29-23-35(32)42(38)24-31(43)14-10-5-3-4-6-11-15-36(29)44/h3-4,16-23,27H,5-15,24H2,1-2H3/b4-3-. The molecule has 1 saturated carbocycles. The van der Waals surface area contributed by atoms with Crippen molar-refractivity contribution in [3.05, 3.63) is 82.5 Å². The molecule has 1 aliphatic carbocycles. The van der Waals surface area contributed by atoms with Gasteiger partial charge in [-0.05, 0) is 93.7 Å². The number of ketones is 2. The number of fused-ring (bicyclic) bond motifs is 2. The summed E-state index contributed by atoms with van der Waals surface area (Å²) in [5.41, 5.74) is 8.28. The summed E-state index contributed by atoms with van der Waals surface area (Å²) in [6.07, 6.45) is 15.0. The molecule has 45 heavy (non-hydrogen) atoms. The zero-order chi connectivity index (χ0) is 30.9. The lowest BCUT2D eigenvalue weighted by atomic mass is 9.81. The van der Waals surface area contributed by atoms with Gasteiger partial charge < -0.3 is 4.57 Å². The lowest BCUT2D eigenvalue weighted by Crippen LogP contribution is -2.12. The molecule has 0 saturated heterocycles. The maximum absolute atomic E-state index is 13.6. The van der Waals surface area contributed by atoms with Gasteiger partial charge in [0.15, 0.2) is 11.6 Å². The first kappa shape index (κ1) is 29.8. The van der Waals surface area contributed by atoms with E-state index in [9.17, 15) is 9.59 Å². The topological polar surface area (TPSA) is 64.8 Å². The fourth-order valence-electron chi connectivity index (χ4n) is 7.43. The van der Waals surface area contributed by atoms with Crippen LogP contribution in [0.3, 0.4) is 0 Å². The van der Waals surface area contributed by atoms with E-state index in [2.05, 4.69) is 64.2 Å². The van der Waals surface area contributed by atoms with Gasteiger partial charge in [-0.2, -0.15) is 0 Å². The van der Waals surface area contributed by atoms with Crippen LogP contribution < -0.4 is 0 Å². The van der Waals surface area contributed by atoms with Crippen LogP contribution in [0.2, 0.25) is 0 Å². The summed E-state index contributed by atoms with van der Waals surface area (Å²) in [6, 6.07) is 17.1. The van der Waals surface area contributed by atoms with Crippen molar-refractivity contribution in [1.82, 2.24) is 14.5 Å². The third-order valence-corrected chi connectivity index (χ3v) is 10.7. The van der Waals surface area contributed by atoms with E-state index in [4.69, 9.17) is 4.98 Å². The molecule has 5 nitrogen and oxygen atoms in total. The third-order valence-electron chi connectivity index (χ3n) is 9.64. The number of rotatable bonds is 3. The largest absolute Gasteiger partial charge is 0.333 e. The van der Waals surface area contributed by atoms with E-state index in [0.29, 0.717) is 25.3 Å². The molecule has 2 aromatic carbocycles. The number of allylic oxidation sites excluding steroid dienone is 2. The number of nitrogens with zero attached hydrogens (tertiary/aromatic N) is 3.